The lowest BCUT2D eigenvalue weighted by atomic mass is 10.3. The largest absolute Gasteiger partial charge is 0.318 e. The van der Waals surface area contributed by atoms with Crippen molar-refractivity contribution in [2.45, 2.75) is 14.9 Å². The van der Waals surface area contributed by atoms with E-state index >= 15 is 0 Å². The molecular weight excluding hydrogens is 352 g/mol. The van der Waals surface area contributed by atoms with Crippen molar-refractivity contribution in [1.82, 2.24) is 14.5 Å². The molecular formula is C18H18N4OS2. The van der Waals surface area contributed by atoms with Crippen molar-refractivity contribution in [2.24, 2.45) is 7.05 Å². The molecule has 0 aliphatic heterocycles. The van der Waals surface area contributed by atoms with Gasteiger partial charge >= 0.3 is 0 Å². The van der Waals surface area contributed by atoms with Gasteiger partial charge in [-0.2, -0.15) is 0 Å². The molecule has 2 heterocycles. The van der Waals surface area contributed by atoms with E-state index in [1.54, 1.807) is 54.1 Å². The van der Waals surface area contributed by atoms with Crippen LogP contribution in [0.1, 0.15) is 10.5 Å². The van der Waals surface area contributed by atoms with Gasteiger partial charge in [0, 0.05) is 30.1 Å². The van der Waals surface area contributed by atoms with E-state index in [0.717, 1.165) is 15.7 Å². The summed E-state index contributed by atoms with van der Waals surface area (Å²) in [4.78, 5) is 25.1. The third-order valence-corrected chi connectivity index (χ3v) is 5.53. The average molecular weight is 371 g/mol. The maximum Gasteiger partial charge on any atom is 0.276 e. The summed E-state index contributed by atoms with van der Waals surface area (Å²) in [5, 5.41) is 0.779. The highest BCUT2D eigenvalue weighted by molar-refractivity contribution is 7.99. The fraction of sp³-hybridized carbons (Fsp3) is 0.167. The van der Waals surface area contributed by atoms with Crippen LogP contribution >= 0.6 is 23.5 Å². The number of rotatable bonds is 5. The highest BCUT2D eigenvalue weighted by Gasteiger charge is 2.19. The number of nitrogens with zero attached hydrogens (tertiary/aromatic N) is 4. The summed E-state index contributed by atoms with van der Waals surface area (Å²) < 4.78 is 1.83. The second-order valence-corrected chi connectivity index (χ2v) is 7.26. The molecule has 0 spiro atoms. The summed E-state index contributed by atoms with van der Waals surface area (Å²) in [5.41, 5.74) is 1.28. The molecule has 0 aliphatic rings. The van der Waals surface area contributed by atoms with E-state index in [4.69, 9.17) is 0 Å². The van der Waals surface area contributed by atoms with E-state index in [0.29, 0.717) is 5.69 Å². The van der Waals surface area contributed by atoms with E-state index in [2.05, 4.69) is 28.4 Å². The maximum atomic E-state index is 12.8. The van der Waals surface area contributed by atoms with Gasteiger partial charge in [-0.3, -0.25) is 9.78 Å². The molecule has 0 atom stereocenters. The van der Waals surface area contributed by atoms with Gasteiger partial charge in [-0.05, 0) is 36.6 Å². The van der Waals surface area contributed by atoms with Crippen LogP contribution < -0.4 is 4.90 Å². The van der Waals surface area contributed by atoms with Crippen molar-refractivity contribution >= 4 is 35.1 Å². The third-order valence-electron chi connectivity index (χ3n) is 3.75. The van der Waals surface area contributed by atoms with Gasteiger partial charge in [0.05, 0.1) is 18.1 Å². The number of carbonyl (C=O) groups excluding carboxylic acids is 1. The van der Waals surface area contributed by atoms with Crippen LogP contribution in [0.4, 0.5) is 5.69 Å². The zero-order chi connectivity index (χ0) is 17.8. The van der Waals surface area contributed by atoms with Crippen molar-refractivity contribution in [2.75, 3.05) is 18.2 Å². The number of benzene rings is 1. The van der Waals surface area contributed by atoms with Crippen LogP contribution in [-0.4, -0.2) is 33.7 Å². The number of imidazole rings is 1. The van der Waals surface area contributed by atoms with E-state index < -0.39 is 0 Å². The Hall–Kier alpha value is -2.25. The fourth-order valence-corrected chi connectivity index (χ4v) is 3.72. The summed E-state index contributed by atoms with van der Waals surface area (Å²) in [6.07, 6.45) is 7.02. The summed E-state index contributed by atoms with van der Waals surface area (Å²) in [6.45, 7) is 0. The predicted molar refractivity (Wildman–Crippen MR) is 103 cm³/mol. The predicted octanol–water partition coefficient (Wildman–Crippen LogP) is 3.96. The van der Waals surface area contributed by atoms with Gasteiger partial charge in [-0.15, -0.1) is 11.8 Å². The van der Waals surface area contributed by atoms with Gasteiger partial charge in [0.25, 0.3) is 5.91 Å². The normalized spacial score (nSPS) is 10.7. The second-order valence-electron chi connectivity index (χ2n) is 5.34. The molecule has 3 rings (SSSR count). The van der Waals surface area contributed by atoms with Gasteiger partial charge in [0.1, 0.15) is 5.69 Å². The molecule has 5 nitrogen and oxygen atoms in total. The topological polar surface area (TPSA) is 51.0 Å². The first-order valence-electron chi connectivity index (χ1n) is 7.62. The highest BCUT2D eigenvalue weighted by atomic mass is 32.2. The molecule has 2 aromatic heterocycles. The molecule has 0 fully saturated rings. The molecule has 3 aromatic rings. The Balaban J connectivity index is 1.82. The van der Waals surface area contributed by atoms with Crippen LogP contribution in [0.3, 0.4) is 0 Å². The quantitative estimate of drug-likeness (QED) is 0.636. The monoisotopic (exact) mass is 370 g/mol. The number of anilines is 1. The van der Waals surface area contributed by atoms with Crippen LogP contribution in [0.15, 0.2) is 69.9 Å². The summed E-state index contributed by atoms with van der Waals surface area (Å²) in [7, 11) is 3.60. The van der Waals surface area contributed by atoms with E-state index in [1.165, 1.54) is 4.90 Å². The molecule has 7 heteroatoms. The molecule has 1 amide bonds. The SMILES string of the molecule is CSc1cccc(Sc2ncc(C(=O)N(C)c3cccnc3)n2C)c1. The molecule has 0 unspecified atom stereocenters. The zero-order valence-electron chi connectivity index (χ0n) is 14.2. The zero-order valence-corrected chi connectivity index (χ0v) is 15.8. The second kappa shape index (κ2) is 7.76. The van der Waals surface area contributed by atoms with Crippen LogP contribution in [0.25, 0.3) is 0 Å². The van der Waals surface area contributed by atoms with Crippen molar-refractivity contribution in [1.29, 1.82) is 0 Å². The Morgan fingerprint density at radius 1 is 1.16 bits per heavy atom. The number of carbonyl (C=O) groups is 1. The van der Waals surface area contributed by atoms with Gasteiger partial charge in [-0.1, -0.05) is 17.8 Å². The Labute approximate surface area is 155 Å². The molecule has 25 heavy (non-hydrogen) atoms. The smallest absolute Gasteiger partial charge is 0.276 e. The number of aromatic nitrogens is 3. The first-order valence-corrected chi connectivity index (χ1v) is 9.66. The lowest BCUT2D eigenvalue weighted by molar-refractivity contribution is 0.0984. The van der Waals surface area contributed by atoms with E-state index in [-0.39, 0.29) is 5.91 Å². The molecule has 0 radical (unpaired) electrons. The maximum absolute atomic E-state index is 12.8. The lowest BCUT2D eigenvalue weighted by Crippen LogP contribution is -2.28. The summed E-state index contributed by atoms with van der Waals surface area (Å²) in [6, 6.07) is 11.9. The average Bonchev–Trinajstić information content (AvgIpc) is 3.02. The van der Waals surface area contributed by atoms with E-state index in [9.17, 15) is 4.79 Å². The number of hydrogen-bond donors (Lipinski definition) is 0. The lowest BCUT2D eigenvalue weighted by Gasteiger charge is -2.17. The Morgan fingerprint density at radius 3 is 2.68 bits per heavy atom. The van der Waals surface area contributed by atoms with Crippen LogP contribution in [-0.2, 0) is 7.05 Å². The summed E-state index contributed by atoms with van der Waals surface area (Å²) in [5.74, 6) is -0.118. The minimum atomic E-state index is -0.118. The van der Waals surface area contributed by atoms with Crippen molar-refractivity contribution in [3.8, 4) is 0 Å². The van der Waals surface area contributed by atoms with Crippen LogP contribution in [0.2, 0.25) is 0 Å². The van der Waals surface area contributed by atoms with Gasteiger partial charge in [-0.25, -0.2) is 4.98 Å². The molecule has 128 valence electrons. The van der Waals surface area contributed by atoms with Crippen molar-refractivity contribution in [3.05, 3.63) is 60.7 Å². The van der Waals surface area contributed by atoms with Crippen LogP contribution in [0.5, 0.6) is 0 Å². The third kappa shape index (κ3) is 3.88. The molecule has 0 saturated carbocycles. The van der Waals surface area contributed by atoms with Gasteiger partial charge < -0.3 is 9.47 Å². The fourth-order valence-electron chi connectivity index (χ4n) is 2.30. The molecule has 0 saturated heterocycles. The minimum Gasteiger partial charge on any atom is -0.318 e. The standard InChI is InChI=1S/C18H18N4OS2/c1-21(13-6-5-9-19-11-13)17(23)16-12-20-18(22(16)2)25-15-8-4-7-14(10-15)24-3/h4-12H,1-3H3. The Morgan fingerprint density at radius 2 is 1.96 bits per heavy atom. The Bertz CT molecular complexity index is 880. The molecule has 0 aliphatic carbocycles. The number of pyridine rings is 1. The Kier molecular flexibility index (Phi) is 5.45. The van der Waals surface area contributed by atoms with Crippen molar-refractivity contribution in [3.63, 3.8) is 0 Å². The number of amides is 1. The first kappa shape index (κ1) is 17.6. The number of thioether (sulfide) groups is 1. The van der Waals surface area contributed by atoms with E-state index in [1.807, 2.05) is 35.9 Å². The van der Waals surface area contributed by atoms with Crippen LogP contribution in [0, 0.1) is 0 Å². The first-order chi connectivity index (χ1) is 12.1. The molecule has 1 aromatic carbocycles. The molecule has 0 bridgehead atoms. The van der Waals surface area contributed by atoms with Crippen molar-refractivity contribution < 1.29 is 4.79 Å². The van der Waals surface area contributed by atoms with Gasteiger partial charge in [0.2, 0.25) is 0 Å². The van der Waals surface area contributed by atoms with Gasteiger partial charge in [0.15, 0.2) is 5.16 Å². The summed E-state index contributed by atoms with van der Waals surface area (Å²) >= 11 is 3.25. The molecule has 0 N–H and O–H groups in total. The number of hydrogen-bond acceptors (Lipinski definition) is 5. The minimum absolute atomic E-state index is 0.118. The highest BCUT2D eigenvalue weighted by Crippen LogP contribution is 2.30.